The van der Waals surface area contributed by atoms with Crippen LogP contribution in [0.5, 0.6) is 5.75 Å². The van der Waals surface area contributed by atoms with Gasteiger partial charge in [-0.1, -0.05) is 6.07 Å². The molecule has 0 saturated carbocycles. The second-order valence-corrected chi connectivity index (χ2v) is 5.69. The molecule has 3 aromatic rings. The van der Waals surface area contributed by atoms with Gasteiger partial charge >= 0.3 is 0 Å². The first-order chi connectivity index (χ1) is 12.0. The summed E-state index contributed by atoms with van der Waals surface area (Å²) in [6, 6.07) is 11.8. The average Bonchev–Trinajstić information content (AvgIpc) is 2.60. The van der Waals surface area contributed by atoms with Gasteiger partial charge in [0.15, 0.2) is 0 Å². The number of nitrogens with one attached hydrogen (secondary N) is 2. The number of aromatic amines is 1. The van der Waals surface area contributed by atoms with E-state index < -0.39 is 4.92 Å². The molecule has 2 N–H and O–H groups in total. The molecular weight excluding hydrogens is 322 g/mol. The topological polar surface area (TPSA) is 97.3 Å². The molecule has 3 rings (SSSR count). The number of non-ortho nitro benzene ring substituents is 1. The van der Waals surface area contributed by atoms with Gasteiger partial charge in [0.05, 0.1) is 12.0 Å². The Kier molecular flexibility index (Phi) is 4.38. The van der Waals surface area contributed by atoms with Crippen LogP contribution in [0.1, 0.15) is 11.1 Å². The predicted molar refractivity (Wildman–Crippen MR) is 96.3 cm³/mol. The Morgan fingerprint density at radius 2 is 2.00 bits per heavy atom. The van der Waals surface area contributed by atoms with Crippen LogP contribution >= 0.6 is 0 Å². The normalized spacial score (nSPS) is 10.6. The fraction of sp³-hybridized carbons (Fsp3) is 0.167. The van der Waals surface area contributed by atoms with E-state index in [0.29, 0.717) is 17.0 Å². The summed E-state index contributed by atoms with van der Waals surface area (Å²) in [5, 5.41) is 14.9. The minimum Gasteiger partial charge on any atom is -0.497 e. The Bertz CT molecular complexity index is 1010. The van der Waals surface area contributed by atoms with Gasteiger partial charge < -0.3 is 15.0 Å². The highest BCUT2D eigenvalue weighted by atomic mass is 16.6. The Labute approximate surface area is 143 Å². The summed E-state index contributed by atoms with van der Waals surface area (Å²) in [6.07, 6.45) is 0. The van der Waals surface area contributed by atoms with Crippen molar-refractivity contribution in [1.29, 1.82) is 0 Å². The highest BCUT2D eigenvalue weighted by Gasteiger charge is 2.10. The zero-order valence-corrected chi connectivity index (χ0v) is 13.8. The van der Waals surface area contributed by atoms with Gasteiger partial charge in [0.25, 0.3) is 11.2 Å². The zero-order chi connectivity index (χ0) is 18.0. The number of hydrogen-bond acceptors (Lipinski definition) is 5. The third-order valence-electron chi connectivity index (χ3n) is 4.03. The molecule has 7 heteroatoms. The number of hydrogen-bond donors (Lipinski definition) is 2. The van der Waals surface area contributed by atoms with Crippen LogP contribution in [-0.2, 0) is 6.54 Å². The van der Waals surface area contributed by atoms with E-state index >= 15 is 0 Å². The molecule has 0 aliphatic heterocycles. The number of benzene rings is 2. The van der Waals surface area contributed by atoms with Crippen molar-refractivity contribution >= 4 is 22.3 Å². The van der Waals surface area contributed by atoms with Crippen LogP contribution in [0.3, 0.4) is 0 Å². The molecule has 0 fully saturated rings. The largest absolute Gasteiger partial charge is 0.497 e. The van der Waals surface area contributed by atoms with Crippen LogP contribution < -0.4 is 15.6 Å². The first kappa shape index (κ1) is 16.5. The van der Waals surface area contributed by atoms with E-state index in [-0.39, 0.29) is 17.8 Å². The number of H-pyrrole nitrogens is 1. The predicted octanol–water partition coefficient (Wildman–Crippen LogP) is 3.37. The van der Waals surface area contributed by atoms with Gasteiger partial charge in [-0.2, -0.15) is 0 Å². The number of nitrogens with zero attached hydrogens (tertiary/aromatic N) is 1. The summed E-state index contributed by atoms with van der Waals surface area (Å²) in [5.74, 6) is 0.702. The van der Waals surface area contributed by atoms with Crippen molar-refractivity contribution in [2.75, 3.05) is 12.4 Å². The van der Waals surface area contributed by atoms with Crippen molar-refractivity contribution in [1.82, 2.24) is 4.98 Å². The molecule has 0 spiro atoms. The standard InChI is InChI=1S/C18H17N3O4/c1-11-3-4-14(21(23)24)9-17(11)19-10-13-7-12-8-15(25-2)5-6-16(12)20-18(13)22/h3-9,19H,10H2,1-2H3,(H,20,22). The molecule has 1 heterocycles. The molecule has 2 aromatic carbocycles. The molecule has 0 radical (unpaired) electrons. The van der Waals surface area contributed by atoms with Gasteiger partial charge in [0.2, 0.25) is 0 Å². The summed E-state index contributed by atoms with van der Waals surface area (Å²) in [7, 11) is 1.58. The molecule has 0 aliphatic rings. The number of anilines is 1. The lowest BCUT2D eigenvalue weighted by molar-refractivity contribution is -0.384. The third kappa shape index (κ3) is 3.45. The lowest BCUT2D eigenvalue weighted by Crippen LogP contribution is -2.16. The first-order valence-corrected chi connectivity index (χ1v) is 7.67. The smallest absolute Gasteiger partial charge is 0.271 e. The van der Waals surface area contributed by atoms with Gasteiger partial charge in [0.1, 0.15) is 5.75 Å². The van der Waals surface area contributed by atoms with Crippen LogP contribution in [0, 0.1) is 17.0 Å². The van der Waals surface area contributed by atoms with E-state index in [1.165, 1.54) is 12.1 Å². The van der Waals surface area contributed by atoms with E-state index in [2.05, 4.69) is 10.3 Å². The van der Waals surface area contributed by atoms with Crippen molar-refractivity contribution in [2.24, 2.45) is 0 Å². The van der Waals surface area contributed by atoms with E-state index in [1.54, 1.807) is 31.4 Å². The number of methoxy groups -OCH3 is 1. The number of aromatic nitrogens is 1. The maximum Gasteiger partial charge on any atom is 0.271 e. The lowest BCUT2D eigenvalue weighted by Gasteiger charge is -2.10. The zero-order valence-electron chi connectivity index (χ0n) is 13.8. The Balaban J connectivity index is 1.90. The van der Waals surface area contributed by atoms with E-state index in [0.717, 1.165) is 16.5 Å². The molecule has 0 unspecified atom stereocenters. The van der Waals surface area contributed by atoms with Gasteiger partial charge in [-0.15, -0.1) is 0 Å². The van der Waals surface area contributed by atoms with Crippen LogP contribution in [0.15, 0.2) is 47.3 Å². The van der Waals surface area contributed by atoms with E-state index in [4.69, 9.17) is 4.74 Å². The number of ether oxygens (including phenoxy) is 1. The average molecular weight is 339 g/mol. The summed E-state index contributed by atoms with van der Waals surface area (Å²) in [6.45, 7) is 2.10. The molecule has 128 valence electrons. The maximum absolute atomic E-state index is 12.2. The highest BCUT2D eigenvalue weighted by Crippen LogP contribution is 2.23. The quantitative estimate of drug-likeness (QED) is 0.549. The molecular formula is C18H17N3O4. The number of nitro groups is 1. The molecule has 0 bridgehead atoms. The lowest BCUT2D eigenvalue weighted by atomic mass is 10.1. The molecule has 7 nitrogen and oxygen atoms in total. The van der Waals surface area contributed by atoms with Gasteiger partial charge in [-0.25, -0.2) is 0 Å². The fourth-order valence-electron chi connectivity index (χ4n) is 2.59. The third-order valence-corrected chi connectivity index (χ3v) is 4.03. The number of fused-ring (bicyclic) bond motifs is 1. The molecule has 25 heavy (non-hydrogen) atoms. The molecule has 0 amide bonds. The molecule has 0 saturated heterocycles. The van der Waals surface area contributed by atoms with Crippen LogP contribution in [0.25, 0.3) is 10.9 Å². The second kappa shape index (κ2) is 6.64. The van der Waals surface area contributed by atoms with Crippen LogP contribution in [0.2, 0.25) is 0 Å². The minimum atomic E-state index is -0.445. The summed E-state index contributed by atoms with van der Waals surface area (Å²) in [4.78, 5) is 25.5. The van der Waals surface area contributed by atoms with Gasteiger partial charge in [-0.3, -0.25) is 14.9 Å². The number of pyridine rings is 1. The number of nitro benzene ring substituents is 1. The van der Waals surface area contributed by atoms with Crippen molar-refractivity contribution in [3.63, 3.8) is 0 Å². The first-order valence-electron chi connectivity index (χ1n) is 7.67. The van der Waals surface area contributed by atoms with Crippen molar-refractivity contribution in [2.45, 2.75) is 13.5 Å². The Hall–Kier alpha value is -3.35. The van der Waals surface area contributed by atoms with Crippen molar-refractivity contribution < 1.29 is 9.66 Å². The van der Waals surface area contributed by atoms with Gasteiger partial charge in [0, 0.05) is 40.8 Å². The summed E-state index contributed by atoms with van der Waals surface area (Å²) < 4.78 is 5.20. The monoisotopic (exact) mass is 339 g/mol. The van der Waals surface area contributed by atoms with Crippen molar-refractivity contribution in [3.8, 4) is 5.75 Å². The SMILES string of the molecule is COc1ccc2[nH]c(=O)c(CNc3cc([N+](=O)[O-])ccc3C)cc2c1. The molecule has 0 aliphatic carbocycles. The highest BCUT2D eigenvalue weighted by molar-refractivity contribution is 5.80. The van der Waals surface area contributed by atoms with Crippen molar-refractivity contribution in [3.05, 3.63) is 74.1 Å². The Morgan fingerprint density at radius 1 is 1.20 bits per heavy atom. The van der Waals surface area contributed by atoms with Crippen LogP contribution in [-0.4, -0.2) is 17.0 Å². The number of rotatable bonds is 5. The second-order valence-electron chi connectivity index (χ2n) is 5.69. The van der Waals surface area contributed by atoms with Crippen LogP contribution in [0.4, 0.5) is 11.4 Å². The molecule has 1 aromatic heterocycles. The summed E-state index contributed by atoms with van der Waals surface area (Å²) >= 11 is 0. The minimum absolute atomic E-state index is 0.00487. The fourth-order valence-corrected chi connectivity index (χ4v) is 2.59. The summed E-state index contributed by atoms with van der Waals surface area (Å²) in [5.41, 5.74) is 2.55. The maximum atomic E-state index is 12.2. The Morgan fingerprint density at radius 3 is 2.72 bits per heavy atom. The number of aryl methyl sites for hydroxylation is 1. The van der Waals surface area contributed by atoms with E-state index in [1.807, 2.05) is 13.0 Å². The molecule has 0 atom stereocenters. The van der Waals surface area contributed by atoms with E-state index in [9.17, 15) is 14.9 Å². The van der Waals surface area contributed by atoms with Gasteiger partial charge in [-0.05, 0) is 36.8 Å².